The van der Waals surface area contributed by atoms with Gasteiger partial charge in [-0.15, -0.1) is 0 Å². The van der Waals surface area contributed by atoms with E-state index in [1.165, 1.54) is 3.57 Å². The highest BCUT2D eigenvalue weighted by molar-refractivity contribution is 14.1. The number of piperidine rings is 1. The lowest BCUT2D eigenvalue weighted by atomic mass is 9.74. The van der Waals surface area contributed by atoms with Crippen molar-refractivity contribution in [3.05, 3.63) is 27.3 Å². The van der Waals surface area contributed by atoms with Crippen LogP contribution in [0.3, 0.4) is 0 Å². The van der Waals surface area contributed by atoms with Gasteiger partial charge in [-0.25, -0.2) is 0 Å². The van der Waals surface area contributed by atoms with Gasteiger partial charge in [0.05, 0.1) is 5.41 Å². The number of anilines is 1. The topological polar surface area (TPSA) is 41.1 Å². The van der Waals surface area contributed by atoms with Crippen LogP contribution in [0.1, 0.15) is 38.2 Å². The number of benzene rings is 1. The van der Waals surface area contributed by atoms with Crippen molar-refractivity contribution in [3.63, 3.8) is 0 Å². The molecule has 1 amide bonds. The summed E-state index contributed by atoms with van der Waals surface area (Å²) in [5, 5.41) is 6.52. The number of carbonyl (C=O) groups is 1. The summed E-state index contributed by atoms with van der Waals surface area (Å²) in [7, 11) is 0. The Morgan fingerprint density at radius 1 is 1.40 bits per heavy atom. The van der Waals surface area contributed by atoms with E-state index in [0.717, 1.165) is 50.0 Å². The summed E-state index contributed by atoms with van der Waals surface area (Å²) < 4.78 is 1.20. The number of hydrogen-bond acceptors (Lipinski definition) is 2. The predicted octanol–water partition coefficient (Wildman–Crippen LogP) is 3.71. The monoisotopic (exact) mass is 386 g/mol. The molecule has 0 aliphatic carbocycles. The van der Waals surface area contributed by atoms with Crippen LogP contribution in [0.15, 0.2) is 18.2 Å². The van der Waals surface area contributed by atoms with Gasteiger partial charge in [0.15, 0.2) is 0 Å². The lowest BCUT2D eigenvalue weighted by Gasteiger charge is -2.36. The van der Waals surface area contributed by atoms with Gasteiger partial charge in [0.2, 0.25) is 5.91 Å². The second-order valence-electron chi connectivity index (χ2n) is 5.69. The SMILES string of the molecule is CCCC1(C(=O)Nc2ccc(I)cc2C)CCNCC1. The van der Waals surface area contributed by atoms with Crippen molar-refractivity contribution in [2.24, 2.45) is 5.41 Å². The van der Waals surface area contributed by atoms with Crippen molar-refractivity contribution in [1.29, 1.82) is 0 Å². The molecular formula is C16H23IN2O. The summed E-state index contributed by atoms with van der Waals surface area (Å²) in [4.78, 5) is 12.8. The molecule has 1 fully saturated rings. The summed E-state index contributed by atoms with van der Waals surface area (Å²) in [6.07, 6.45) is 3.91. The zero-order valence-electron chi connectivity index (χ0n) is 12.3. The first-order valence-electron chi connectivity index (χ1n) is 7.36. The summed E-state index contributed by atoms with van der Waals surface area (Å²) in [5.41, 5.74) is 1.89. The van der Waals surface area contributed by atoms with E-state index in [1.807, 2.05) is 19.1 Å². The standard InChI is InChI=1S/C16H23IN2O/c1-3-6-16(7-9-18-10-8-16)15(20)19-14-5-4-13(17)11-12(14)2/h4-5,11,18H,3,6-10H2,1-2H3,(H,19,20). The lowest BCUT2D eigenvalue weighted by molar-refractivity contribution is -0.127. The van der Waals surface area contributed by atoms with Gasteiger partial charge >= 0.3 is 0 Å². The van der Waals surface area contributed by atoms with E-state index in [2.05, 4.69) is 46.2 Å². The van der Waals surface area contributed by atoms with E-state index < -0.39 is 0 Å². The molecule has 0 atom stereocenters. The average molecular weight is 386 g/mol. The van der Waals surface area contributed by atoms with Crippen molar-refractivity contribution < 1.29 is 4.79 Å². The Kier molecular flexibility index (Phi) is 5.43. The van der Waals surface area contributed by atoms with Crippen molar-refractivity contribution in [1.82, 2.24) is 5.32 Å². The minimum atomic E-state index is -0.185. The van der Waals surface area contributed by atoms with E-state index in [0.29, 0.717) is 0 Å². The van der Waals surface area contributed by atoms with Crippen LogP contribution in [0.2, 0.25) is 0 Å². The summed E-state index contributed by atoms with van der Waals surface area (Å²) in [6.45, 7) is 6.10. The van der Waals surface area contributed by atoms with Gasteiger partial charge < -0.3 is 10.6 Å². The Hall–Kier alpha value is -0.620. The molecule has 0 unspecified atom stereocenters. The molecule has 2 rings (SSSR count). The van der Waals surface area contributed by atoms with Gasteiger partial charge in [-0.2, -0.15) is 0 Å². The van der Waals surface area contributed by atoms with E-state index >= 15 is 0 Å². The van der Waals surface area contributed by atoms with Gasteiger partial charge in [0.1, 0.15) is 0 Å². The van der Waals surface area contributed by atoms with Crippen LogP contribution < -0.4 is 10.6 Å². The number of rotatable bonds is 4. The maximum Gasteiger partial charge on any atom is 0.230 e. The Balaban J connectivity index is 2.15. The quantitative estimate of drug-likeness (QED) is 0.775. The van der Waals surface area contributed by atoms with E-state index in [1.54, 1.807) is 0 Å². The molecule has 1 aliphatic rings. The molecule has 0 aromatic heterocycles. The van der Waals surface area contributed by atoms with Crippen LogP contribution in [0.5, 0.6) is 0 Å². The molecule has 1 aromatic carbocycles. The summed E-state index contributed by atoms with van der Waals surface area (Å²) in [5.74, 6) is 0.199. The minimum absolute atomic E-state index is 0.185. The van der Waals surface area contributed by atoms with E-state index in [9.17, 15) is 4.79 Å². The molecule has 1 aliphatic heterocycles. The van der Waals surface area contributed by atoms with Crippen molar-refractivity contribution in [3.8, 4) is 0 Å². The summed E-state index contributed by atoms with van der Waals surface area (Å²) >= 11 is 2.29. The third kappa shape index (κ3) is 3.52. The van der Waals surface area contributed by atoms with Crippen LogP contribution in [0.4, 0.5) is 5.69 Å². The summed E-state index contributed by atoms with van der Waals surface area (Å²) in [6, 6.07) is 6.15. The molecule has 0 bridgehead atoms. The van der Waals surface area contributed by atoms with Gasteiger partial charge in [0, 0.05) is 9.26 Å². The molecule has 1 saturated heterocycles. The van der Waals surface area contributed by atoms with Gasteiger partial charge in [-0.05, 0) is 85.6 Å². The fourth-order valence-corrected chi connectivity index (χ4v) is 3.64. The molecule has 1 aromatic rings. The van der Waals surface area contributed by atoms with Crippen molar-refractivity contribution in [2.75, 3.05) is 18.4 Å². The minimum Gasteiger partial charge on any atom is -0.325 e. The highest BCUT2D eigenvalue weighted by Gasteiger charge is 2.38. The van der Waals surface area contributed by atoms with Crippen molar-refractivity contribution in [2.45, 2.75) is 39.5 Å². The van der Waals surface area contributed by atoms with Crippen molar-refractivity contribution >= 4 is 34.2 Å². The zero-order valence-corrected chi connectivity index (χ0v) is 14.4. The first kappa shape index (κ1) is 15.8. The smallest absolute Gasteiger partial charge is 0.230 e. The maximum atomic E-state index is 12.8. The van der Waals surface area contributed by atoms with Crippen LogP contribution >= 0.6 is 22.6 Å². The molecular weight excluding hydrogens is 363 g/mol. The zero-order chi connectivity index (χ0) is 14.6. The van der Waals surface area contributed by atoms with Gasteiger partial charge in [-0.1, -0.05) is 13.3 Å². The van der Waals surface area contributed by atoms with Crippen LogP contribution in [0.25, 0.3) is 0 Å². The number of amides is 1. The average Bonchev–Trinajstić information content (AvgIpc) is 2.43. The lowest BCUT2D eigenvalue weighted by Crippen LogP contribution is -2.44. The van der Waals surface area contributed by atoms with Crippen LogP contribution in [0, 0.1) is 15.9 Å². The third-order valence-corrected chi connectivity index (χ3v) is 4.88. The first-order chi connectivity index (χ1) is 9.57. The highest BCUT2D eigenvalue weighted by Crippen LogP contribution is 2.35. The number of halogens is 1. The first-order valence-corrected chi connectivity index (χ1v) is 8.43. The molecule has 2 N–H and O–H groups in total. The number of nitrogens with one attached hydrogen (secondary N) is 2. The number of aryl methyl sites for hydroxylation is 1. The molecule has 110 valence electrons. The Bertz CT molecular complexity index is 476. The molecule has 0 saturated carbocycles. The normalized spacial score (nSPS) is 17.8. The van der Waals surface area contributed by atoms with Crippen LogP contribution in [-0.2, 0) is 4.79 Å². The molecule has 20 heavy (non-hydrogen) atoms. The van der Waals surface area contributed by atoms with Gasteiger partial charge in [-0.3, -0.25) is 4.79 Å². The van der Waals surface area contributed by atoms with Crippen LogP contribution in [-0.4, -0.2) is 19.0 Å². The maximum absolute atomic E-state index is 12.8. The fourth-order valence-electron chi connectivity index (χ4n) is 3.00. The highest BCUT2D eigenvalue weighted by atomic mass is 127. The van der Waals surface area contributed by atoms with Gasteiger partial charge in [0.25, 0.3) is 0 Å². The molecule has 0 spiro atoms. The van der Waals surface area contributed by atoms with E-state index in [-0.39, 0.29) is 11.3 Å². The Morgan fingerprint density at radius 3 is 2.70 bits per heavy atom. The van der Waals surface area contributed by atoms with E-state index in [4.69, 9.17) is 0 Å². The molecule has 4 heteroatoms. The molecule has 3 nitrogen and oxygen atoms in total. The predicted molar refractivity (Wildman–Crippen MR) is 92.0 cm³/mol. The number of hydrogen-bond donors (Lipinski definition) is 2. The molecule has 1 heterocycles. The largest absolute Gasteiger partial charge is 0.325 e. The number of carbonyl (C=O) groups excluding carboxylic acids is 1. The fraction of sp³-hybridized carbons (Fsp3) is 0.562. The second kappa shape index (κ2) is 6.89. The Labute approximate surface area is 135 Å². The third-order valence-electron chi connectivity index (χ3n) is 4.21. The second-order valence-corrected chi connectivity index (χ2v) is 6.94. The Morgan fingerprint density at radius 2 is 2.10 bits per heavy atom. The molecule has 0 radical (unpaired) electrons.